The maximum atomic E-state index is 10.4. The van der Waals surface area contributed by atoms with Gasteiger partial charge in [-0.05, 0) is 57.6 Å². The van der Waals surface area contributed by atoms with Crippen molar-refractivity contribution in [2.24, 2.45) is 0 Å². The SMILES string of the molecule is CNCc1ccc(-c2nnc(-c3nc(-c4ccc(S(O)(O)C(C)C)cc4)cnc3C)o2)c(Cl)c1. The van der Waals surface area contributed by atoms with E-state index in [0.29, 0.717) is 45.0 Å². The summed E-state index contributed by atoms with van der Waals surface area (Å²) >= 11 is 6.44. The number of aryl methyl sites for hydroxylation is 1. The Kier molecular flexibility index (Phi) is 7.01. The van der Waals surface area contributed by atoms with Gasteiger partial charge in [-0.25, -0.2) is 4.98 Å². The summed E-state index contributed by atoms with van der Waals surface area (Å²) in [6, 6.07) is 12.7. The maximum Gasteiger partial charge on any atom is 0.268 e. The summed E-state index contributed by atoms with van der Waals surface area (Å²) in [4.78, 5) is 9.63. The smallest absolute Gasteiger partial charge is 0.268 e. The number of rotatable bonds is 7. The van der Waals surface area contributed by atoms with Crippen LogP contribution in [0.25, 0.3) is 34.3 Å². The molecule has 0 saturated carbocycles. The van der Waals surface area contributed by atoms with Gasteiger partial charge in [-0.1, -0.05) is 29.8 Å². The predicted molar refractivity (Wildman–Crippen MR) is 135 cm³/mol. The van der Waals surface area contributed by atoms with Crippen molar-refractivity contribution in [2.45, 2.75) is 37.5 Å². The number of aromatic nitrogens is 4. The van der Waals surface area contributed by atoms with E-state index in [1.807, 2.05) is 32.2 Å². The van der Waals surface area contributed by atoms with Crippen LogP contribution in [0.5, 0.6) is 0 Å². The number of hydrogen-bond acceptors (Lipinski definition) is 8. The Hall–Kier alpha value is -2.82. The molecule has 0 amide bonds. The van der Waals surface area contributed by atoms with E-state index in [0.717, 1.165) is 11.1 Å². The summed E-state index contributed by atoms with van der Waals surface area (Å²) in [6.07, 6.45) is 1.66. The lowest BCUT2D eigenvalue weighted by molar-refractivity contribution is 0.476. The van der Waals surface area contributed by atoms with Gasteiger partial charge in [0.05, 0.1) is 33.1 Å². The molecule has 2 heterocycles. The molecule has 4 rings (SSSR count). The van der Waals surface area contributed by atoms with Gasteiger partial charge in [0.15, 0.2) is 0 Å². The topological polar surface area (TPSA) is 117 Å². The van der Waals surface area contributed by atoms with Crippen molar-refractivity contribution in [3.63, 3.8) is 0 Å². The third-order valence-corrected chi connectivity index (χ3v) is 7.98. The molecule has 0 atom stereocenters. The van der Waals surface area contributed by atoms with Crippen molar-refractivity contribution >= 4 is 22.2 Å². The van der Waals surface area contributed by atoms with Gasteiger partial charge in [-0.15, -0.1) is 10.2 Å². The molecular weight excluding hydrogens is 474 g/mol. The standard InChI is InChI=1S/C24H26ClN5O3S/c1-14(2)34(31,32)18-8-6-17(7-9-18)21-13-27-15(3)22(28-21)24-30-29-23(33-24)19-10-5-16(12-26-4)11-20(19)25/h5-11,13-14,26,31-32H,12H2,1-4H3. The second kappa shape index (κ2) is 9.81. The van der Waals surface area contributed by atoms with Crippen molar-refractivity contribution < 1.29 is 13.5 Å². The van der Waals surface area contributed by atoms with Gasteiger partial charge in [0.2, 0.25) is 5.89 Å². The van der Waals surface area contributed by atoms with Crippen molar-refractivity contribution in [1.29, 1.82) is 0 Å². The van der Waals surface area contributed by atoms with E-state index in [2.05, 4.69) is 25.5 Å². The summed E-state index contributed by atoms with van der Waals surface area (Å²) in [5, 5.41) is 11.7. The van der Waals surface area contributed by atoms with Gasteiger partial charge in [0.1, 0.15) is 5.69 Å². The number of nitrogens with one attached hydrogen (secondary N) is 1. The highest BCUT2D eigenvalue weighted by molar-refractivity contribution is 8.24. The maximum absolute atomic E-state index is 10.4. The van der Waals surface area contributed by atoms with E-state index < -0.39 is 10.6 Å². The summed E-state index contributed by atoms with van der Waals surface area (Å²) < 4.78 is 26.7. The van der Waals surface area contributed by atoms with Crippen molar-refractivity contribution in [2.75, 3.05) is 7.05 Å². The average molecular weight is 500 g/mol. The minimum Gasteiger partial charge on any atom is -0.414 e. The van der Waals surface area contributed by atoms with Gasteiger partial charge in [0.25, 0.3) is 5.89 Å². The summed E-state index contributed by atoms with van der Waals surface area (Å²) in [7, 11) is -0.978. The largest absolute Gasteiger partial charge is 0.414 e. The molecule has 34 heavy (non-hydrogen) atoms. The highest BCUT2D eigenvalue weighted by atomic mass is 35.5. The van der Waals surface area contributed by atoms with E-state index in [9.17, 15) is 9.11 Å². The van der Waals surface area contributed by atoms with E-state index in [1.165, 1.54) is 0 Å². The zero-order valence-corrected chi connectivity index (χ0v) is 20.9. The van der Waals surface area contributed by atoms with Crippen molar-refractivity contribution in [3.05, 3.63) is 64.9 Å². The Morgan fingerprint density at radius 1 is 1.06 bits per heavy atom. The van der Waals surface area contributed by atoms with E-state index >= 15 is 0 Å². The number of benzene rings is 2. The molecule has 0 saturated heterocycles. The molecule has 0 unspecified atom stereocenters. The van der Waals surface area contributed by atoms with E-state index in [-0.39, 0.29) is 11.1 Å². The molecule has 10 heteroatoms. The molecule has 2 aromatic heterocycles. The zero-order valence-electron chi connectivity index (χ0n) is 19.3. The molecule has 0 radical (unpaired) electrons. The normalized spacial score (nSPS) is 12.4. The molecule has 0 spiro atoms. The Morgan fingerprint density at radius 3 is 2.41 bits per heavy atom. The summed E-state index contributed by atoms with van der Waals surface area (Å²) in [5.74, 6) is 0.536. The van der Waals surface area contributed by atoms with Crippen molar-refractivity contribution in [3.8, 4) is 34.3 Å². The van der Waals surface area contributed by atoms with E-state index in [1.54, 1.807) is 44.3 Å². The molecule has 0 aliphatic heterocycles. The Morgan fingerprint density at radius 2 is 1.76 bits per heavy atom. The van der Waals surface area contributed by atoms with Crippen LogP contribution < -0.4 is 5.32 Å². The van der Waals surface area contributed by atoms with Crippen LogP contribution in [-0.4, -0.2) is 41.6 Å². The molecule has 2 aromatic carbocycles. The highest BCUT2D eigenvalue weighted by Crippen LogP contribution is 2.52. The Bertz CT molecular complexity index is 1310. The highest BCUT2D eigenvalue weighted by Gasteiger charge is 2.21. The lowest BCUT2D eigenvalue weighted by atomic mass is 10.1. The first-order valence-corrected chi connectivity index (χ1v) is 12.7. The van der Waals surface area contributed by atoms with Gasteiger partial charge >= 0.3 is 0 Å². The molecule has 3 N–H and O–H groups in total. The first-order valence-electron chi connectivity index (χ1n) is 10.7. The number of hydrogen-bond donors (Lipinski definition) is 3. The lowest BCUT2D eigenvalue weighted by Gasteiger charge is -2.36. The first kappa shape index (κ1) is 24.3. The van der Waals surface area contributed by atoms with Gasteiger partial charge in [0, 0.05) is 17.4 Å². The molecule has 0 aliphatic rings. The second-order valence-corrected chi connectivity index (χ2v) is 11.1. The zero-order chi connectivity index (χ0) is 24.5. The van der Waals surface area contributed by atoms with Crippen LogP contribution in [-0.2, 0) is 6.54 Å². The van der Waals surface area contributed by atoms with Crippen molar-refractivity contribution in [1.82, 2.24) is 25.5 Å². The molecule has 0 fully saturated rings. The molecule has 0 aliphatic carbocycles. The second-order valence-electron chi connectivity index (χ2n) is 8.11. The molecular formula is C24H26ClN5O3S. The summed E-state index contributed by atoms with van der Waals surface area (Å²) in [6.45, 7) is 6.08. The van der Waals surface area contributed by atoms with E-state index in [4.69, 9.17) is 16.0 Å². The van der Waals surface area contributed by atoms with Crippen LogP contribution in [0, 0.1) is 6.92 Å². The number of halogens is 1. The predicted octanol–water partition coefficient (Wildman–Crippen LogP) is 6.06. The lowest BCUT2D eigenvalue weighted by Crippen LogP contribution is -2.10. The quantitative estimate of drug-likeness (QED) is 0.281. The van der Waals surface area contributed by atoms with Crippen LogP contribution in [0.2, 0.25) is 5.02 Å². The fraction of sp³-hybridized carbons (Fsp3) is 0.250. The van der Waals surface area contributed by atoms with Crippen LogP contribution in [0.15, 0.2) is 58.0 Å². The minimum atomic E-state index is -2.85. The van der Waals surface area contributed by atoms with Crippen LogP contribution >= 0.6 is 22.2 Å². The van der Waals surface area contributed by atoms with Crippen LogP contribution in [0.4, 0.5) is 0 Å². The number of nitrogens with zero attached hydrogens (tertiary/aromatic N) is 4. The third-order valence-electron chi connectivity index (χ3n) is 5.38. The molecule has 0 bridgehead atoms. The monoisotopic (exact) mass is 499 g/mol. The molecule has 8 nitrogen and oxygen atoms in total. The minimum absolute atomic E-state index is 0.239. The van der Waals surface area contributed by atoms with Crippen LogP contribution in [0.1, 0.15) is 25.1 Å². The summed E-state index contributed by atoms with van der Waals surface area (Å²) in [5.41, 5.74) is 4.17. The van der Waals surface area contributed by atoms with Gasteiger partial charge < -0.3 is 9.73 Å². The van der Waals surface area contributed by atoms with Crippen LogP contribution in [0.3, 0.4) is 0 Å². The first-order chi connectivity index (χ1) is 16.2. The third kappa shape index (κ3) is 4.84. The average Bonchev–Trinajstić information content (AvgIpc) is 3.29. The Labute approximate surface area is 204 Å². The Balaban J connectivity index is 1.65. The molecule has 178 valence electrons. The fourth-order valence-electron chi connectivity index (χ4n) is 3.36. The van der Waals surface area contributed by atoms with Gasteiger partial charge in [-0.2, -0.15) is 10.6 Å². The molecule has 4 aromatic rings. The van der Waals surface area contributed by atoms with Gasteiger partial charge in [-0.3, -0.25) is 14.1 Å². The fourth-order valence-corrected chi connectivity index (χ4v) is 4.73.